The van der Waals surface area contributed by atoms with Gasteiger partial charge in [-0.2, -0.15) is 0 Å². The van der Waals surface area contributed by atoms with Crippen molar-refractivity contribution in [2.24, 2.45) is 5.41 Å². The van der Waals surface area contributed by atoms with Crippen molar-refractivity contribution in [1.29, 1.82) is 0 Å². The summed E-state index contributed by atoms with van der Waals surface area (Å²) in [6.07, 6.45) is 1.27. The van der Waals surface area contributed by atoms with Gasteiger partial charge in [0.05, 0.1) is 5.69 Å². The van der Waals surface area contributed by atoms with E-state index in [4.69, 9.17) is 4.98 Å². The van der Waals surface area contributed by atoms with Gasteiger partial charge in [-0.3, -0.25) is 0 Å². The first kappa shape index (κ1) is 14.8. The molecule has 1 aliphatic heterocycles. The standard InChI is InChI=1S/C15H27N3S/c1-6-16-9-12-13(11(2)3)17-14(19-12)18-8-7-15(4,5)10-18/h11,16H,6-10H2,1-5H3. The van der Waals surface area contributed by atoms with E-state index in [2.05, 4.69) is 44.8 Å². The molecule has 1 saturated heterocycles. The van der Waals surface area contributed by atoms with Crippen LogP contribution in [-0.4, -0.2) is 24.6 Å². The number of nitrogens with zero attached hydrogens (tertiary/aromatic N) is 2. The van der Waals surface area contributed by atoms with E-state index in [-0.39, 0.29) is 0 Å². The smallest absolute Gasteiger partial charge is 0.185 e. The summed E-state index contributed by atoms with van der Waals surface area (Å²) in [6, 6.07) is 0. The number of nitrogens with one attached hydrogen (secondary N) is 1. The minimum Gasteiger partial charge on any atom is -0.348 e. The predicted octanol–water partition coefficient (Wildman–Crippen LogP) is 3.61. The summed E-state index contributed by atoms with van der Waals surface area (Å²) in [7, 11) is 0. The molecule has 19 heavy (non-hydrogen) atoms. The molecule has 1 N–H and O–H groups in total. The van der Waals surface area contributed by atoms with Crippen LogP contribution < -0.4 is 10.2 Å². The van der Waals surface area contributed by atoms with Gasteiger partial charge in [0.25, 0.3) is 0 Å². The molecule has 3 nitrogen and oxygen atoms in total. The summed E-state index contributed by atoms with van der Waals surface area (Å²) < 4.78 is 0. The van der Waals surface area contributed by atoms with Gasteiger partial charge in [0.2, 0.25) is 0 Å². The summed E-state index contributed by atoms with van der Waals surface area (Å²) in [5, 5.41) is 4.66. The zero-order valence-corrected chi connectivity index (χ0v) is 13.7. The number of hydrogen-bond donors (Lipinski definition) is 1. The van der Waals surface area contributed by atoms with Gasteiger partial charge in [0, 0.05) is 24.5 Å². The van der Waals surface area contributed by atoms with Gasteiger partial charge in [0.15, 0.2) is 5.13 Å². The van der Waals surface area contributed by atoms with Crippen molar-refractivity contribution in [2.75, 3.05) is 24.5 Å². The SMILES string of the molecule is CCNCc1sc(N2CCC(C)(C)C2)nc1C(C)C. The topological polar surface area (TPSA) is 28.2 Å². The fourth-order valence-corrected chi connectivity index (χ4v) is 3.79. The van der Waals surface area contributed by atoms with E-state index in [9.17, 15) is 0 Å². The second kappa shape index (κ2) is 5.80. The fourth-order valence-electron chi connectivity index (χ4n) is 2.58. The Morgan fingerprint density at radius 3 is 2.68 bits per heavy atom. The molecule has 0 bridgehead atoms. The summed E-state index contributed by atoms with van der Waals surface area (Å²) >= 11 is 1.88. The molecule has 0 aromatic carbocycles. The van der Waals surface area contributed by atoms with Crippen LogP contribution in [0.4, 0.5) is 5.13 Å². The lowest BCUT2D eigenvalue weighted by Gasteiger charge is -2.18. The molecule has 0 atom stereocenters. The lowest BCUT2D eigenvalue weighted by Crippen LogP contribution is -2.22. The first-order valence-electron chi connectivity index (χ1n) is 7.38. The highest BCUT2D eigenvalue weighted by Gasteiger charge is 2.31. The number of hydrogen-bond acceptors (Lipinski definition) is 4. The van der Waals surface area contributed by atoms with E-state index in [1.54, 1.807) is 0 Å². The normalized spacial score (nSPS) is 18.5. The largest absolute Gasteiger partial charge is 0.348 e. The molecular weight excluding hydrogens is 254 g/mol. The maximum Gasteiger partial charge on any atom is 0.185 e. The van der Waals surface area contributed by atoms with E-state index >= 15 is 0 Å². The third-order valence-corrected chi connectivity index (χ3v) is 4.88. The molecule has 1 aromatic rings. The van der Waals surface area contributed by atoms with Gasteiger partial charge in [-0.15, -0.1) is 11.3 Å². The molecule has 0 spiro atoms. The van der Waals surface area contributed by atoms with Crippen LogP contribution in [-0.2, 0) is 6.54 Å². The molecule has 0 amide bonds. The molecule has 2 rings (SSSR count). The Hall–Kier alpha value is -0.610. The highest BCUT2D eigenvalue weighted by atomic mass is 32.1. The summed E-state index contributed by atoms with van der Waals surface area (Å²) in [4.78, 5) is 8.79. The Labute approximate surface area is 121 Å². The molecule has 2 heterocycles. The Morgan fingerprint density at radius 1 is 1.42 bits per heavy atom. The van der Waals surface area contributed by atoms with Gasteiger partial charge in [-0.05, 0) is 24.3 Å². The lowest BCUT2D eigenvalue weighted by molar-refractivity contribution is 0.418. The van der Waals surface area contributed by atoms with Crippen LogP contribution in [0.15, 0.2) is 0 Å². The Balaban J connectivity index is 2.18. The van der Waals surface area contributed by atoms with Crippen LogP contribution >= 0.6 is 11.3 Å². The molecule has 1 aliphatic rings. The van der Waals surface area contributed by atoms with Gasteiger partial charge in [-0.25, -0.2) is 4.98 Å². The van der Waals surface area contributed by atoms with E-state index in [0.717, 1.165) is 26.2 Å². The summed E-state index contributed by atoms with van der Waals surface area (Å²) in [6.45, 7) is 15.6. The highest BCUT2D eigenvalue weighted by Crippen LogP contribution is 2.37. The quantitative estimate of drug-likeness (QED) is 0.893. The maximum absolute atomic E-state index is 4.91. The first-order valence-corrected chi connectivity index (χ1v) is 8.20. The van der Waals surface area contributed by atoms with Crippen molar-refractivity contribution in [1.82, 2.24) is 10.3 Å². The highest BCUT2D eigenvalue weighted by molar-refractivity contribution is 7.15. The van der Waals surface area contributed by atoms with E-state index < -0.39 is 0 Å². The van der Waals surface area contributed by atoms with Crippen LogP contribution in [0.3, 0.4) is 0 Å². The van der Waals surface area contributed by atoms with Crippen molar-refractivity contribution < 1.29 is 0 Å². The second-order valence-electron chi connectivity index (χ2n) is 6.58. The summed E-state index contributed by atoms with van der Waals surface area (Å²) in [5.74, 6) is 0.509. The summed E-state index contributed by atoms with van der Waals surface area (Å²) in [5.41, 5.74) is 1.72. The number of aromatic nitrogens is 1. The molecule has 1 fully saturated rings. The monoisotopic (exact) mass is 281 g/mol. The molecule has 0 radical (unpaired) electrons. The third kappa shape index (κ3) is 3.48. The molecule has 0 saturated carbocycles. The fraction of sp³-hybridized carbons (Fsp3) is 0.800. The second-order valence-corrected chi connectivity index (χ2v) is 7.64. The van der Waals surface area contributed by atoms with Crippen LogP contribution in [0.1, 0.15) is 57.5 Å². The Morgan fingerprint density at radius 2 is 2.16 bits per heavy atom. The molecular formula is C15H27N3S. The van der Waals surface area contributed by atoms with Gasteiger partial charge >= 0.3 is 0 Å². The number of anilines is 1. The van der Waals surface area contributed by atoms with Gasteiger partial charge in [-0.1, -0.05) is 34.6 Å². The maximum atomic E-state index is 4.91. The zero-order valence-electron chi connectivity index (χ0n) is 12.9. The Kier molecular flexibility index (Phi) is 4.51. The van der Waals surface area contributed by atoms with Crippen molar-refractivity contribution in [3.8, 4) is 0 Å². The van der Waals surface area contributed by atoms with E-state index in [1.807, 2.05) is 11.3 Å². The average Bonchev–Trinajstić information content (AvgIpc) is 2.89. The van der Waals surface area contributed by atoms with Crippen molar-refractivity contribution in [3.05, 3.63) is 10.6 Å². The molecule has 0 unspecified atom stereocenters. The van der Waals surface area contributed by atoms with E-state index in [1.165, 1.54) is 22.1 Å². The average molecular weight is 281 g/mol. The molecule has 1 aromatic heterocycles. The molecule has 4 heteroatoms. The van der Waals surface area contributed by atoms with E-state index in [0.29, 0.717) is 11.3 Å². The van der Waals surface area contributed by atoms with Crippen molar-refractivity contribution >= 4 is 16.5 Å². The third-order valence-electron chi connectivity index (χ3n) is 3.75. The van der Waals surface area contributed by atoms with Crippen LogP contribution in [0.2, 0.25) is 0 Å². The number of rotatable bonds is 5. The minimum absolute atomic E-state index is 0.436. The van der Waals surface area contributed by atoms with Crippen molar-refractivity contribution in [3.63, 3.8) is 0 Å². The van der Waals surface area contributed by atoms with Gasteiger partial charge < -0.3 is 10.2 Å². The van der Waals surface area contributed by atoms with Crippen LogP contribution in [0, 0.1) is 5.41 Å². The molecule has 0 aliphatic carbocycles. The zero-order chi connectivity index (χ0) is 14.0. The minimum atomic E-state index is 0.436. The first-order chi connectivity index (χ1) is 8.93. The van der Waals surface area contributed by atoms with Crippen LogP contribution in [0.5, 0.6) is 0 Å². The van der Waals surface area contributed by atoms with Crippen molar-refractivity contribution in [2.45, 2.75) is 53.5 Å². The number of thiazole rings is 1. The lowest BCUT2D eigenvalue weighted by atomic mass is 9.93. The predicted molar refractivity (Wildman–Crippen MR) is 84.2 cm³/mol. The van der Waals surface area contributed by atoms with Gasteiger partial charge in [0.1, 0.15) is 0 Å². The Bertz CT molecular complexity index is 423. The molecule has 108 valence electrons. The van der Waals surface area contributed by atoms with Crippen LogP contribution in [0.25, 0.3) is 0 Å².